The maximum atomic E-state index is 8.78. The van der Waals surface area contributed by atoms with Gasteiger partial charge in [-0.2, -0.15) is 5.26 Å². The Bertz CT molecular complexity index is 538. The van der Waals surface area contributed by atoms with E-state index in [-0.39, 0.29) is 5.41 Å². The molecule has 2 heteroatoms. The lowest BCUT2D eigenvalue weighted by Gasteiger charge is -2.13. The van der Waals surface area contributed by atoms with Gasteiger partial charge in [-0.05, 0) is 24.3 Å². The predicted molar refractivity (Wildman–Crippen MR) is 59.6 cm³/mol. The number of hydrogen-bond acceptors (Lipinski definition) is 2. The highest BCUT2D eigenvalue weighted by molar-refractivity contribution is 5.79. The van der Waals surface area contributed by atoms with E-state index < -0.39 is 0 Å². The van der Waals surface area contributed by atoms with Crippen LogP contribution in [0, 0.1) is 11.3 Å². The number of hydrogen-bond donors (Lipinski definition) is 0. The van der Waals surface area contributed by atoms with Gasteiger partial charge in [0, 0.05) is 10.8 Å². The van der Waals surface area contributed by atoms with E-state index in [1.54, 1.807) is 6.07 Å². The van der Waals surface area contributed by atoms with Crippen molar-refractivity contribution in [3.63, 3.8) is 0 Å². The maximum absolute atomic E-state index is 8.78. The van der Waals surface area contributed by atoms with Crippen LogP contribution in [0.4, 0.5) is 0 Å². The third kappa shape index (κ3) is 1.73. The third-order valence-corrected chi connectivity index (χ3v) is 2.38. The molecular formula is C13H13NO. The second kappa shape index (κ2) is 3.13. The first-order valence-corrected chi connectivity index (χ1v) is 4.95. The molecule has 0 bridgehead atoms. The van der Waals surface area contributed by atoms with E-state index in [1.807, 2.05) is 18.2 Å². The van der Waals surface area contributed by atoms with Crippen LogP contribution in [0.1, 0.15) is 32.1 Å². The van der Waals surface area contributed by atoms with Crippen molar-refractivity contribution in [3.05, 3.63) is 35.6 Å². The molecule has 76 valence electrons. The molecule has 2 aromatic rings. The van der Waals surface area contributed by atoms with E-state index in [0.29, 0.717) is 5.56 Å². The Balaban J connectivity index is 2.62. The summed E-state index contributed by atoms with van der Waals surface area (Å²) in [5.74, 6) is 0.951. The zero-order chi connectivity index (χ0) is 11.1. The summed E-state index contributed by atoms with van der Waals surface area (Å²) in [6, 6.07) is 9.62. The highest BCUT2D eigenvalue weighted by Crippen LogP contribution is 2.29. The molecule has 15 heavy (non-hydrogen) atoms. The van der Waals surface area contributed by atoms with Gasteiger partial charge in [-0.3, -0.25) is 0 Å². The fourth-order valence-corrected chi connectivity index (χ4v) is 1.48. The standard InChI is InChI=1S/C13H13NO/c1-13(2,3)12-7-10-6-9(8-14)4-5-11(10)15-12/h4-7H,1-3H3. The molecule has 0 aliphatic carbocycles. The molecule has 0 N–H and O–H groups in total. The molecule has 0 saturated carbocycles. The summed E-state index contributed by atoms with van der Waals surface area (Å²) in [5.41, 5.74) is 1.52. The molecule has 0 unspecified atom stereocenters. The SMILES string of the molecule is CC(C)(C)c1cc2cc(C#N)ccc2o1. The number of nitrogens with zero attached hydrogens (tertiary/aromatic N) is 1. The van der Waals surface area contributed by atoms with Gasteiger partial charge in [-0.15, -0.1) is 0 Å². The predicted octanol–water partition coefficient (Wildman–Crippen LogP) is 3.60. The summed E-state index contributed by atoms with van der Waals surface area (Å²) in [7, 11) is 0. The molecule has 2 rings (SSSR count). The van der Waals surface area contributed by atoms with Crippen molar-refractivity contribution in [1.82, 2.24) is 0 Å². The van der Waals surface area contributed by atoms with E-state index in [2.05, 4.69) is 26.8 Å². The van der Waals surface area contributed by atoms with E-state index in [4.69, 9.17) is 9.68 Å². The van der Waals surface area contributed by atoms with Crippen LogP contribution < -0.4 is 0 Å². The van der Waals surface area contributed by atoms with Gasteiger partial charge in [-0.1, -0.05) is 20.8 Å². The lowest BCUT2D eigenvalue weighted by atomic mass is 9.93. The Morgan fingerprint density at radius 2 is 1.93 bits per heavy atom. The molecular weight excluding hydrogens is 186 g/mol. The normalized spacial score (nSPS) is 11.6. The molecule has 0 atom stereocenters. The quantitative estimate of drug-likeness (QED) is 0.650. The minimum Gasteiger partial charge on any atom is -0.461 e. The average molecular weight is 199 g/mol. The molecule has 0 aliphatic rings. The van der Waals surface area contributed by atoms with Crippen LogP contribution in [0.2, 0.25) is 0 Å². The van der Waals surface area contributed by atoms with Gasteiger partial charge in [0.05, 0.1) is 11.6 Å². The van der Waals surface area contributed by atoms with Gasteiger partial charge in [0.1, 0.15) is 11.3 Å². The van der Waals surface area contributed by atoms with E-state index >= 15 is 0 Å². The first-order valence-electron chi connectivity index (χ1n) is 4.95. The Morgan fingerprint density at radius 3 is 2.53 bits per heavy atom. The topological polar surface area (TPSA) is 36.9 Å². The van der Waals surface area contributed by atoms with Crippen LogP contribution in [0.5, 0.6) is 0 Å². The molecule has 0 amide bonds. The number of furan rings is 1. The lowest BCUT2D eigenvalue weighted by molar-refractivity contribution is 0.430. The summed E-state index contributed by atoms with van der Waals surface area (Å²) in [4.78, 5) is 0. The van der Waals surface area contributed by atoms with Crippen LogP contribution in [0.3, 0.4) is 0 Å². The molecule has 1 aromatic carbocycles. The molecule has 0 spiro atoms. The third-order valence-electron chi connectivity index (χ3n) is 2.38. The Labute approximate surface area is 89.1 Å². The van der Waals surface area contributed by atoms with Crippen molar-refractivity contribution >= 4 is 11.0 Å². The fraction of sp³-hybridized carbons (Fsp3) is 0.308. The highest BCUT2D eigenvalue weighted by atomic mass is 16.3. The summed E-state index contributed by atoms with van der Waals surface area (Å²) >= 11 is 0. The lowest BCUT2D eigenvalue weighted by Crippen LogP contribution is -2.08. The second-order valence-corrected chi connectivity index (χ2v) is 4.73. The van der Waals surface area contributed by atoms with Crippen molar-refractivity contribution < 1.29 is 4.42 Å². The van der Waals surface area contributed by atoms with Crippen LogP contribution in [-0.2, 0) is 5.41 Å². The fourth-order valence-electron chi connectivity index (χ4n) is 1.48. The van der Waals surface area contributed by atoms with E-state index in [9.17, 15) is 0 Å². The smallest absolute Gasteiger partial charge is 0.134 e. The van der Waals surface area contributed by atoms with Gasteiger partial charge < -0.3 is 4.42 Å². The highest BCUT2D eigenvalue weighted by Gasteiger charge is 2.18. The first kappa shape index (κ1) is 9.79. The molecule has 0 aliphatic heterocycles. The Hall–Kier alpha value is -1.75. The van der Waals surface area contributed by atoms with Crippen molar-refractivity contribution in [2.75, 3.05) is 0 Å². The number of fused-ring (bicyclic) bond motifs is 1. The molecule has 2 nitrogen and oxygen atoms in total. The molecule has 1 aromatic heterocycles. The monoisotopic (exact) mass is 199 g/mol. The van der Waals surface area contributed by atoms with Crippen molar-refractivity contribution in [1.29, 1.82) is 5.26 Å². The Morgan fingerprint density at radius 1 is 1.20 bits per heavy atom. The van der Waals surface area contributed by atoms with Crippen molar-refractivity contribution in [2.24, 2.45) is 0 Å². The van der Waals surface area contributed by atoms with Gasteiger partial charge >= 0.3 is 0 Å². The summed E-state index contributed by atoms with van der Waals surface area (Å²) in [5, 5.41) is 9.78. The van der Waals surface area contributed by atoms with Crippen molar-refractivity contribution in [2.45, 2.75) is 26.2 Å². The minimum absolute atomic E-state index is 0.00578. The Kier molecular flexibility index (Phi) is 2.04. The van der Waals surface area contributed by atoms with E-state index in [0.717, 1.165) is 16.7 Å². The van der Waals surface area contributed by atoms with Gasteiger partial charge in [0.2, 0.25) is 0 Å². The van der Waals surface area contributed by atoms with Crippen LogP contribution in [0.25, 0.3) is 11.0 Å². The minimum atomic E-state index is 0.00578. The summed E-state index contributed by atoms with van der Waals surface area (Å²) in [6.07, 6.45) is 0. The molecule has 0 fully saturated rings. The number of benzene rings is 1. The molecule has 1 heterocycles. The summed E-state index contributed by atoms with van der Waals surface area (Å²) < 4.78 is 5.72. The van der Waals surface area contributed by atoms with Gasteiger partial charge in [-0.25, -0.2) is 0 Å². The molecule has 0 saturated heterocycles. The van der Waals surface area contributed by atoms with Crippen LogP contribution >= 0.6 is 0 Å². The summed E-state index contributed by atoms with van der Waals surface area (Å²) in [6.45, 7) is 6.32. The number of rotatable bonds is 0. The number of nitriles is 1. The zero-order valence-corrected chi connectivity index (χ0v) is 9.16. The van der Waals surface area contributed by atoms with Crippen LogP contribution in [0.15, 0.2) is 28.7 Å². The second-order valence-electron chi connectivity index (χ2n) is 4.73. The van der Waals surface area contributed by atoms with Crippen LogP contribution in [-0.4, -0.2) is 0 Å². The molecule has 0 radical (unpaired) electrons. The van der Waals surface area contributed by atoms with Gasteiger partial charge in [0.25, 0.3) is 0 Å². The zero-order valence-electron chi connectivity index (χ0n) is 9.16. The maximum Gasteiger partial charge on any atom is 0.134 e. The largest absolute Gasteiger partial charge is 0.461 e. The average Bonchev–Trinajstić information content (AvgIpc) is 2.59. The van der Waals surface area contributed by atoms with E-state index in [1.165, 1.54) is 0 Å². The van der Waals surface area contributed by atoms with Gasteiger partial charge in [0.15, 0.2) is 0 Å². The first-order chi connectivity index (χ1) is 7.00. The van der Waals surface area contributed by atoms with Crippen molar-refractivity contribution in [3.8, 4) is 6.07 Å².